The predicted octanol–water partition coefficient (Wildman–Crippen LogP) is 4.16. The number of piperidine rings is 1. The van der Waals surface area contributed by atoms with Gasteiger partial charge in [0, 0.05) is 19.2 Å². The zero-order valence-electron chi connectivity index (χ0n) is 25.0. The van der Waals surface area contributed by atoms with Crippen LogP contribution in [0.3, 0.4) is 0 Å². The number of carbonyl (C=O) groups is 1. The van der Waals surface area contributed by atoms with Crippen LogP contribution in [0.4, 0.5) is 23.3 Å². The van der Waals surface area contributed by atoms with Gasteiger partial charge < -0.3 is 26.0 Å². The van der Waals surface area contributed by atoms with E-state index in [-0.39, 0.29) is 22.7 Å². The second-order valence-electron chi connectivity index (χ2n) is 11.1. The average molecular weight is 607 g/mol. The van der Waals surface area contributed by atoms with Crippen LogP contribution in [0.1, 0.15) is 50.7 Å². The Morgan fingerprint density at radius 1 is 1.05 bits per heavy atom. The summed E-state index contributed by atoms with van der Waals surface area (Å²) >= 11 is 0. The number of aromatic nitrogens is 4. The minimum Gasteiger partial charge on any atom is -0.495 e. The van der Waals surface area contributed by atoms with Gasteiger partial charge in [-0.05, 0) is 81.8 Å². The fourth-order valence-corrected chi connectivity index (χ4v) is 6.59. The van der Waals surface area contributed by atoms with Crippen LogP contribution >= 0.6 is 0 Å². The molecule has 13 heteroatoms. The number of methoxy groups -OCH3 is 1. The maximum atomic E-state index is 13.0. The van der Waals surface area contributed by atoms with E-state index >= 15 is 0 Å². The number of nitrogens with one attached hydrogen (secondary N) is 2. The maximum Gasteiger partial charge on any atom is 0.239 e. The molecule has 5 rings (SSSR count). The Labute approximate surface area is 251 Å². The highest BCUT2D eigenvalue weighted by Crippen LogP contribution is 2.37. The van der Waals surface area contributed by atoms with Gasteiger partial charge in [0.15, 0.2) is 15.5 Å². The molecule has 4 N–H and O–H groups in total. The number of ether oxygens (including phenoxy) is 1. The molecule has 0 spiro atoms. The topological polar surface area (TPSA) is 157 Å². The standard InChI is InChI=1S/C30H38N8O4S/c1-18(2)43(40,41)26-9-7-6-8-23(26)34-30-36-29(35-27-10-13-32-38(27)30)33-24-16-19(3)22(17-25(24)42-5)21-11-14-37(15-12-21)28(39)20(4)31/h6-10,13,16-18,20-21H,11-12,14-15,31H2,1-5H3,(H2,33,34,35,36)/t20-/m0/s1. The SMILES string of the molecule is COc1cc(C2CCN(C(=O)[C@H](C)N)CC2)c(C)cc1Nc1nc(Nc2ccccc2S(=O)(=O)C(C)C)n2nccc2n1. The molecule has 228 valence electrons. The van der Waals surface area contributed by atoms with E-state index in [4.69, 9.17) is 10.5 Å². The number of benzene rings is 2. The molecule has 1 fully saturated rings. The van der Waals surface area contributed by atoms with Crippen molar-refractivity contribution in [1.29, 1.82) is 0 Å². The molecule has 1 aliphatic heterocycles. The van der Waals surface area contributed by atoms with Gasteiger partial charge in [0.1, 0.15) is 5.75 Å². The summed E-state index contributed by atoms with van der Waals surface area (Å²) in [5.74, 6) is 1.49. The molecule has 0 saturated carbocycles. The smallest absolute Gasteiger partial charge is 0.239 e. The number of hydrogen-bond donors (Lipinski definition) is 3. The highest BCUT2D eigenvalue weighted by Gasteiger charge is 2.27. The Hall–Kier alpha value is -4.23. The van der Waals surface area contributed by atoms with Crippen LogP contribution in [0.25, 0.3) is 5.65 Å². The number of anilines is 4. The van der Waals surface area contributed by atoms with Gasteiger partial charge in [0.2, 0.25) is 17.8 Å². The molecule has 4 aromatic rings. The summed E-state index contributed by atoms with van der Waals surface area (Å²) in [4.78, 5) is 23.6. The van der Waals surface area contributed by atoms with Gasteiger partial charge >= 0.3 is 0 Å². The average Bonchev–Trinajstić information content (AvgIpc) is 3.46. The number of hydrogen-bond acceptors (Lipinski definition) is 10. The number of fused-ring (bicyclic) bond motifs is 1. The lowest BCUT2D eigenvalue weighted by molar-refractivity contribution is -0.133. The molecule has 43 heavy (non-hydrogen) atoms. The van der Waals surface area contributed by atoms with Gasteiger partial charge in [-0.1, -0.05) is 12.1 Å². The minimum atomic E-state index is -3.56. The van der Waals surface area contributed by atoms with Gasteiger partial charge in [-0.15, -0.1) is 0 Å². The summed E-state index contributed by atoms with van der Waals surface area (Å²) in [6.45, 7) is 8.42. The fourth-order valence-electron chi connectivity index (χ4n) is 5.38. The van der Waals surface area contributed by atoms with Gasteiger partial charge in [-0.25, -0.2) is 8.42 Å². The summed E-state index contributed by atoms with van der Waals surface area (Å²) in [6.07, 6.45) is 3.29. The van der Waals surface area contributed by atoms with E-state index in [0.29, 0.717) is 41.8 Å². The first-order chi connectivity index (χ1) is 20.5. The van der Waals surface area contributed by atoms with Crippen molar-refractivity contribution in [2.45, 2.75) is 62.6 Å². The lowest BCUT2D eigenvalue weighted by Gasteiger charge is -2.34. The molecule has 3 heterocycles. The van der Waals surface area contributed by atoms with Crippen LogP contribution in [-0.4, -0.2) is 70.3 Å². The first kappa shape index (κ1) is 30.2. The Bertz CT molecular complexity index is 1740. The van der Waals surface area contributed by atoms with E-state index in [9.17, 15) is 13.2 Å². The molecule has 0 bridgehead atoms. The first-order valence-corrected chi connectivity index (χ1v) is 15.9. The summed E-state index contributed by atoms with van der Waals surface area (Å²) in [6, 6.07) is 12.0. The first-order valence-electron chi connectivity index (χ1n) is 14.3. The number of nitrogens with two attached hydrogens (primary N) is 1. The van der Waals surface area contributed by atoms with E-state index in [2.05, 4.69) is 32.6 Å². The minimum absolute atomic E-state index is 0.0126. The number of aryl methyl sites for hydroxylation is 1. The summed E-state index contributed by atoms with van der Waals surface area (Å²) in [5.41, 5.74) is 9.65. The molecular formula is C30H38N8O4S. The Balaban J connectivity index is 1.43. The third-order valence-electron chi connectivity index (χ3n) is 7.79. The van der Waals surface area contributed by atoms with Crippen LogP contribution < -0.4 is 21.1 Å². The van der Waals surface area contributed by atoms with Crippen molar-refractivity contribution in [2.24, 2.45) is 5.73 Å². The van der Waals surface area contributed by atoms with E-state index in [1.54, 1.807) is 64.4 Å². The molecule has 0 radical (unpaired) electrons. The quantitative estimate of drug-likeness (QED) is 0.253. The Morgan fingerprint density at radius 2 is 1.77 bits per heavy atom. The largest absolute Gasteiger partial charge is 0.495 e. The number of carbonyl (C=O) groups excluding carboxylic acids is 1. The summed E-state index contributed by atoms with van der Waals surface area (Å²) in [7, 11) is -1.94. The second kappa shape index (κ2) is 12.2. The van der Waals surface area contributed by atoms with Gasteiger partial charge in [0.05, 0.1) is 40.9 Å². The molecule has 1 atom stereocenters. The van der Waals surface area contributed by atoms with Crippen LogP contribution in [-0.2, 0) is 14.6 Å². The number of nitrogens with zero attached hydrogens (tertiary/aromatic N) is 5. The monoisotopic (exact) mass is 606 g/mol. The van der Waals surface area contributed by atoms with Gasteiger partial charge in [0.25, 0.3) is 0 Å². The van der Waals surface area contributed by atoms with Crippen LogP contribution in [0.15, 0.2) is 53.6 Å². The van der Waals surface area contributed by atoms with E-state index in [1.807, 2.05) is 17.0 Å². The lowest BCUT2D eigenvalue weighted by atomic mass is 9.86. The number of para-hydroxylation sites is 1. The molecule has 2 aromatic carbocycles. The molecule has 12 nitrogen and oxygen atoms in total. The van der Waals surface area contributed by atoms with Crippen molar-refractivity contribution in [3.8, 4) is 5.75 Å². The molecule has 2 aromatic heterocycles. The van der Waals surface area contributed by atoms with Crippen molar-refractivity contribution in [3.63, 3.8) is 0 Å². The molecule has 0 unspecified atom stereocenters. The highest BCUT2D eigenvalue weighted by atomic mass is 32.2. The van der Waals surface area contributed by atoms with E-state index in [0.717, 1.165) is 18.4 Å². The van der Waals surface area contributed by atoms with Crippen molar-refractivity contribution >= 4 is 44.7 Å². The Kier molecular flexibility index (Phi) is 8.56. The third-order valence-corrected chi connectivity index (χ3v) is 10.00. The van der Waals surface area contributed by atoms with Crippen LogP contribution in [0, 0.1) is 6.92 Å². The third kappa shape index (κ3) is 6.13. The van der Waals surface area contributed by atoms with Crippen LogP contribution in [0.2, 0.25) is 0 Å². The lowest BCUT2D eigenvalue weighted by Crippen LogP contribution is -2.45. The second-order valence-corrected chi connectivity index (χ2v) is 13.6. The number of rotatable bonds is 9. The zero-order valence-corrected chi connectivity index (χ0v) is 25.9. The number of likely N-dealkylation sites (tertiary alicyclic amines) is 1. The van der Waals surface area contributed by atoms with Crippen molar-refractivity contribution < 1.29 is 17.9 Å². The summed E-state index contributed by atoms with van der Waals surface area (Å²) in [5, 5.41) is 10.2. The normalized spacial score (nSPS) is 15.1. The highest BCUT2D eigenvalue weighted by molar-refractivity contribution is 7.92. The number of sulfone groups is 1. The molecule has 1 saturated heterocycles. The van der Waals surface area contributed by atoms with E-state index < -0.39 is 21.1 Å². The molecular weight excluding hydrogens is 568 g/mol. The Morgan fingerprint density at radius 3 is 2.44 bits per heavy atom. The zero-order chi connectivity index (χ0) is 30.9. The molecule has 1 amide bonds. The summed E-state index contributed by atoms with van der Waals surface area (Å²) < 4.78 is 33.4. The maximum absolute atomic E-state index is 13.0. The van der Waals surface area contributed by atoms with Crippen molar-refractivity contribution in [2.75, 3.05) is 30.8 Å². The van der Waals surface area contributed by atoms with E-state index in [1.165, 1.54) is 10.1 Å². The predicted molar refractivity (Wildman–Crippen MR) is 166 cm³/mol. The van der Waals surface area contributed by atoms with Crippen LogP contribution in [0.5, 0.6) is 5.75 Å². The van der Waals surface area contributed by atoms with Gasteiger partial charge in [-0.3, -0.25) is 4.79 Å². The number of amides is 1. The van der Waals surface area contributed by atoms with Gasteiger partial charge in [-0.2, -0.15) is 19.6 Å². The fraction of sp³-hybridized carbons (Fsp3) is 0.400. The van der Waals surface area contributed by atoms with Crippen molar-refractivity contribution in [3.05, 3.63) is 59.8 Å². The molecule has 0 aliphatic carbocycles. The molecule has 1 aliphatic rings. The van der Waals surface area contributed by atoms with Crippen molar-refractivity contribution in [1.82, 2.24) is 24.5 Å².